The Balaban J connectivity index is 1.47. The summed E-state index contributed by atoms with van der Waals surface area (Å²) in [5.41, 5.74) is -0.378. The van der Waals surface area contributed by atoms with Gasteiger partial charge in [-0.05, 0) is 49.8 Å². The number of piperazine rings is 1. The number of carbonyl (C=O) groups is 2. The molecule has 1 aromatic rings. The number of hydrogen-bond donors (Lipinski definition) is 2. The predicted octanol–water partition coefficient (Wildman–Crippen LogP) is 2.63. The van der Waals surface area contributed by atoms with Crippen LogP contribution in [-0.4, -0.2) is 68.5 Å². The molecule has 0 radical (unpaired) electrons. The fourth-order valence-electron chi connectivity index (χ4n) is 5.77. The Hall–Kier alpha value is -1.99. The van der Waals surface area contributed by atoms with Crippen LogP contribution in [0.1, 0.15) is 76.7 Å². The summed E-state index contributed by atoms with van der Waals surface area (Å²) >= 11 is 0. The van der Waals surface area contributed by atoms with Gasteiger partial charge in [-0.2, -0.15) is 0 Å². The van der Waals surface area contributed by atoms with Crippen LogP contribution < -0.4 is 5.32 Å². The van der Waals surface area contributed by atoms with Gasteiger partial charge in [0, 0.05) is 45.0 Å². The van der Waals surface area contributed by atoms with E-state index in [9.17, 15) is 14.7 Å². The van der Waals surface area contributed by atoms with Crippen molar-refractivity contribution in [2.45, 2.75) is 94.9 Å². The van der Waals surface area contributed by atoms with Gasteiger partial charge >= 0.3 is 0 Å². The quantitative estimate of drug-likeness (QED) is 0.678. The molecule has 1 saturated carbocycles. The number of unbranched alkanes of at least 4 members (excludes halogenated alkanes) is 1. The molecule has 1 aliphatic carbocycles. The summed E-state index contributed by atoms with van der Waals surface area (Å²) in [6.07, 6.45) is 11.7. The standard InChI is InChI=1S/C25H38N4O3/c1-2-3-15-29-22(30)21(18-24(32)9-5-4-6-10-24)27-23(31)25(29)11-16-28(17-12-25)19-20-7-13-26-14-8-20/h7-8,13-14,21,32H,2-6,9-12,15-19H2,1H3,(H,27,31)/t21-/m1/s1. The Morgan fingerprint density at radius 1 is 1.09 bits per heavy atom. The molecule has 176 valence electrons. The average molecular weight is 443 g/mol. The normalized spacial score (nSPS) is 25.7. The zero-order chi connectivity index (χ0) is 22.6. The van der Waals surface area contributed by atoms with Gasteiger partial charge < -0.3 is 15.3 Å². The van der Waals surface area contributed by atoms with Crippen LogP contribution in [0.15, 0.2) is 24.5 Å². The molecule has 1 spiro atoms. The first-order chi connectivity index (χ1) is 15.5. The van der Waals surface area contributed by atoms with Gasteiger partial charge in [-0.1, -0.05) is 32.6 Å². The van der Waals surface area contributed by atoms with Crippen LogP contribution in [-0.2, 0) is 16.1 Å². The van der Waals surface area contributed by atoms with Crippen molar-refractivity contribution in [2.75, 3.05) is 19.6 Å². The zero-order valence-electron chi connectivity index (χ0n) is 19.4. The van der Waals surface area contributed by atoms with Gasteiger partial charge in [-0.15, -0.1) is 0 Å². The Morgan fingerprint density at radius 3 is 2.44 bits per heavy atom. The van der Waals surface area contributed by atoms with E-state index in [0.717, 1.165) is 64.6 Å². The molecule has 0 aromatic carbocycles. The first kappa shape index (κ1) is 23.2. The molecular formula is C25H38N4O3. The minimum Gasteiger partial charge on any atom is -0.390 e. The van der Waals surface area contributed by atoms with Crippen molar-refractivity contribution in [2.24, 2.45) is 0 Å². The molecule has 3 aliphatic rings. The van der Waals surface area contributed by atoms with Crippen molar-refractivity contribution in [1.82, 2.24) is 20.1 Å². The lowest BCUT2D eigenvalue weighted by atomic mass is 9.77. The van der Waals surface area contributed by atoms with E-state index in [4.69, 9.17) is 0 Å². The fourth-order valence-corrected chi connectivity index (χ4v) is 5.77. The predicted molar refractivity (Wildman–Crippen MR) is 123 cm³/mol. The van der Waals surface area contributed by atoms with Crippen molar-refractivity contribution in [3.05, 3.63) is 30.1 Å². The van der Waals surface area contributed by atoms with Crippen LogP contribution >= 0.6 is 0 Å². The lowest BCUT2D eigenvalue weighted by Crippen LogP contribution is -2.73. The second-order valence-electron chi connectivity index (χ2n) is 10.0. The molecule has 2 N–H and O–H groups in total. The van der Waals surface area contributed by atoms with Gasteiger partial charge in [0.05, 0.1) is 5.60 Å². The number of rotatable bonds is 7. The zero-order valence-corrected chi connectivity index (χ0v) is 19.4. The number of nitrogens with zero attached hydrogens (tertiary/aromatic N) is 3. The van der Waals surface area contributed by atoms with Crippen LogP contribution in [0.4, 0.5) is 0 Å². The van der Waals surface area contributed by atoms with E-state index in [0.29, 0.717) is 25.8 Å². The topological polar surface area (TPSA) is 85.8 Å². The molecular weight excluding hydrogens is 404 g/mol. The molecule has 1 atom stereocenters. The maximum Gasteiger partial charge on any atom is 0.246 e. The first-order valence-corrected chi connectivity index (χ1v) is 12.4. The highest BCUT2D eigenvalue weighted by Gasteiger charge is 2.54. The summed E-state index contributed by atoms with van der Waals surface area (Å²) in [4.78, 5) is 35.4. The maximum absolute atomic E-state index is 13.6. The van der Waals surface area contributed by atoms with Crippen molar-refractivity contribution in [3.8, 4) is 0 Å². The van der Waals surface area contributed by atoms with E-state index in [1.807, 2.05) is 17.0 Å². The van der Waals surface area contributed by atoms with Crippen molar-refractivity contribution in [3.63, 3.8) is 0 Å². The number of aliphatic hydroxyl groups is 1. The van der Waals surface area contributed by atoms with Crippen molar-refractivity contribution in [1.29, 1.82) is 0 Å². The Kier molecular flexibility index (Phi) is 7.15. The summed E-state index contributed by atoms with van der Waals surface area (Å²) in [5.74, 6) is -0.0270. The highest BCUT2D eigenvalue weighted by atomic mass is 16.3. The fraction of sp³-hybridized carbons (Fsp3) is 0.720. The van der Waals surface area contributed by atoms with E-state index in [1.165, 1.54) is 5.56 Å². The van der Waals surface area contributed by atoms with E-state index >= 15 is 0 Å². The molecule has 7 heteroatoms. The van der Waals surface area contributed by atoms with Gasteiger partial charge in [0.1, 0.15) is 11.6 Å². The molecule has 2 amide bonds. The number of amides is 2. The molecule has 32 heavy (non-hydrogen) atoms. The third-order valence-corrected chi connectivity index (χ3v) is 7.75. The number of nitrogens with one attached hydrogen (secondary N) is 1. The monoisotopic (exact) mass is 442 g/mol. The Bertz CT molecular complexity index is 786. The minimum atomic E-state index is -0.833. The number of hydrogen-bond acceptors (Lipinski definition) is 5. The number of carbonyl (C=O) groups excluding carboxylic acids is 2. The van der Waals surface area contributed by atoms with E-state index < -0.39 is 17.2 Å². The summed E-state index contributed by atoms with van der Waals surface area (Å²) < 4.78 is 0. The smallest absolute Gasteiger partial charge is 0.246 e. The lowest BCUT2D eigenvalue weighted by Gasteiger charge is -2.52. The Morgan fingerprint density at radius 2 is 1.78 bits per heavy atom. The molecule has 4 rings (SSSR count). The van der Waals surface area contributed by atoms with E-state index in [-0.39, 0.29) is 11.8 Å². The highest BCUT2D eigenvalue weighted by Crippen LogP contribution is 2.37. The Labute approximate surface area is 191 Å². The van der Waals surface area contributed by atoms with E-state index in [1.54, 1.807) is 12.4 Å². The number of piperidine rings is 1. The van der Waals surface area contributed by atoms with Crippen LogP contribution in [0.5, 0.6) is 0 Å². The SMILES string of the molecule is CCCCN1C(=O)[C@@H](CC2(O)CCCCC2)NC(=O)C12CCN(Cc1ccncc1)CC2. The lowest BCUT2D eigenvalue weighted by molar-refractivity contribution is -0.163. The number of pyridine rings is 1. The second kappa shape index (κ2) is 9.87. The minimum absolute atomic E-state index is 0.000341. The molecule has 2 saturated heterocycles. The highest BCUT2D eigenvalue weighted by molar-refractivity contribution is 6.00. The molecule has 0 bridgehead atoms. The molecule has 1 aromatic heterocycles. The number of likely N-dealkylation sites (tertiary alicyclic amines) is 1. The number of aromatic nitrogens is 1. The summed E-state index contributed by atoms with van der Waals surface area (Å²) in [7, 11) is 0. The van der Waals surface area contributed by atoms with Crippen molar-refractivity contribution >= 4 is 11.8 Å². The van der Waals surface area contributed by atoms with Gasteiger partial charge in [0.2, 0.25) is 11.8 Å². The molecule has 3 heterocycles. The third-order valence-electron chi connectivity index (χ3n) is 7.75. The summed E-state index contributed by atoms with van der Waals surface area (Å²) in [6, 6.07) is 3.44. The third kappa shape index (κ3) is 4.84. The second-order valence-corrected chi connectivity index (χ2v) is 10.0. The molecule has 2 aliphatic heterocycles. The average Bonchev–Trinajstić information content (AvgIpc) is 2.80. The van der Waals surface area contributed by atoms with Crippen LogP contribution in [0, 0.1) is 0 Å². The van der Waals surface area contributed by atoms with Crippen LogP contribution in [0.2, 0.25) is 0 Å². The van der Waals surface area contributed by atoms with E-state index in [2.05, 4.69) is 22.1 Å². The van der Waals surface area contributed by atoms with Crippen molar-refractivity contribution < 1.29 is 14.7 Å². The van der Waals surface area contributed by atoms with Gasteiger partial charge in [-0.25, -0.2) is 0 Å². The van der Waals surface area contributed by atoms with Crippen LogP contribution in [0.3, 0.4) is 0 Å². The van der Waals surface area contributed by atoms with Gasteiger partial charge in [-0.3, -0.25) is 19.5 Å². The summed E-state index contributed by atoms with van der Waals surface area (Å²) in [6.45, 7) is 5.11. The molecule has 3 fully saturated rings. The summed E-state index contributed by atoms with van der Waals surface area (Å²) in [5, 5.41) is 14.1. The molecule has 7 nitrogen and oxygen atoms in total. The molecule has 0 unspecified atom stereocenters. The maximum atomic E-state index is 13.6. The van der Waals surface area contributed by atoms with Crippen LogP contribution in [0.25, 0.3) is 0 Å². The first-order valence-electron chi connectivity index (χ1n) is 12.4. The van der Waals surface area contributed by atoms with Gasteiger partial charge in [0.15, 0.2) is 0 Å². The largest absolute Gasteiger partial charge is 0.390 e. The van der Waals surface area contributed by atoms with Gasteiger partial charge in [0.25, 0.3) is 0 Å².